The van der Waals surface area contributed by atoms with E-state index in [2.05, 4.69) is 31.8 Å². The number of ether oxygens (including phenoxy) is 1. The Morgan fingerprint density at radius 1 is 1.26 bits per heavy atom. The molecule has 1 aliphatic heterocycles. The molecule has 1 fully saturated rings. The van der Waals surface area contributed by atoms with Crippen LogP contribution in [0.4, 0.5) is 5.82 Å². The van der Waals surface area contributed by atoms with Crippen LogP contribution in [0.2, 0.25) is 0 Å². The number of anilines is 1. The molecule has 0 radical (unpaired) electrons. The minimum absolute atomic E-state index is 0.533. The molecule has 1 saturated heterocycles. The summed E-state index contributed by atoms with van der Waals surface area (Å²) in [5.74, 6) is 1.01. The van der Waals surface area contributed by atoms with Crippen molar-refractivity contribution in [1.82, 2.24) is 24.6 Å². The summed E-state index contributed by atoms with van der Waals surface area (Å²) in [5.41, 5.74) is 0.891. The fourth-order valence-electron chi connectivity index (χ4n) is 3.29. The largest absolute Gasteiger partial charge is 0.380 e. The SMILES string of the molecule is CCOCCN1CCN(c2ncnc3c2cnn3C)CC1CC. The summed E-state index contributed by atoms with van der Waals surface area (Å²) in [4.78, 5) is 13.8. The van der Waals surface area contributed by atoms with Crippen molar-refractivity contribution < 1.29 is 4.74 Å². The Labute approximate surface area is 137 Å². The molecule has 0 N–H and O–H groups in total. The van der Waals surface area contributed by atoms with Gasteiger partial charge in [-0.1, -0.05) is 6.92 Å². The van der Waals surface area contributed by atoms with Crippen LogP contribution in [0, 0.1) is 0 Å². The first-order valence-electron chi connectivity index (χ1n) is 8.44. The second-order valence-electron chi connectivity index (χ2n) is 5.94. The lowest BCUT2D eigenvalue weighted by atomic mass is 10.1. The zero-order valence-corrected chi connectivity index (χ0v) is 14.3. The number of hydrogen-bond acceptors (Lipinski definition) is 6. The molecule has 0 saturated carbocycles. The Balaban J connectivity index is 1.74. The summed E-state index contributed by atoms with van der Waals surface area (Å²) in [5, 5.41) is 5.35. The highest BCUT2D eigenvalue weighted by atomic mass is 16.5. The summed E-state index contributed by atoms with van der Waals surface area (Å²) in [6.45, 7) is 9.91. The van der Waals surface area contributed by atoms with Crippen LogP contribution in [0.1, 0.15) is 20.3 Å². The minimum atomic E-state index is 0.533. The fourth-order valence-corrected chi connectivity index (χ4v) is 3.29. The van der Waals surface area contributed by atoms with Gasteiger partial charge in [0.1, 0.15) is 12.1 Å². The van der Waals surface area contributed by atoms with Gasteiger partial charge in [0.2, 0.25) is 0 Å². The van der Waals surface area contributed by atoms with E-state index < -0.39 is 0 Å². The van der Waals surface area contributed by atoms with E-state index in [1.54, 1.807) is 11.0 Å². The molecule has 0 aliphatic carbocycles. The van der Waals surface area contributed by atoms with Gasteiger partial charge < -0.3 is 9.64 Å². The summed E-state index contributed by atoms with van der Waals surface area (Å²) < 4.78 is 7.32. The summed E-state index contributed by atoms with van der Waals surface area (Å²) >= 11 is 0. The molecule has 7 heteroatoms. The third-order valence-corrected chi connectivity index (χ3v) is 4.61. The normalized spacial score (nSPS) is 19.6. The van der Waals surface area contributed by atoms with Gasteiger partial charge in [-0.05, 0) is 13.3 Å². The molecule has 1 aliphatic rings. The molecule has 1 unspecified atom stereocenters. The maximum atomic E-state index is 5.51. The predicted octanol–water partition coefficient (Wildman–Crippen LogP) is 1.30. The van der Waals surface area contributed by atoms with Crippen LogP contribution in [-0.2, 0) is 11.8 Å². The minimum Gasteiger partial charge on any atom is -0.380 e. The molecule has 7 nitrogen and oxygen atoms in total. The highest BCUT2D eigenvalue weighted by Gasteiger charge is 2.27. The van der Waals surface area contributed by atoms with E-state index in [-0.39, 0.29) is 0 Å². The average molecular weight is 318 g/mol. The van der Waals surface area contributed by atoms with Crippen LogP contribution in [0.3, 0.4) is 0 Å². The molecule has 1 atom stereocenters. The van der Waals surface area contributed by atoms with Crippen molar-refractivity contribution in [3.63, 3.8) is 0 Å². The van der Waals surface area contributed by atoms with Gasteiger partial charge in [-0.3, -0.25) is 9.58 Å². The maximum Gasteiger partial charge on any atom is 0.163 e. The average Bonchev–Trinajstić information content (AvgIpc) is 2.97. The number of fused-ring (bicyclic) bond motifs is 1. The molecule has 0 spiro atoms. The lowest BCUT2D eigenvalue weighted by molar-refractivity contribution is 0.0869. The van der Waals surface area contributed by atoms with E-state index in [1.165, 1.54) is 0 Å². The number of aromatic nitrogens is 4. The summed E-state index contributed by atoms with van der Waals surface area (Å²) in [7, 11) is 1.92. The molecule has 0 bridgehead atoms. The van der Waals surface area contributed by atoms with Crippen molar-refractivity contribution in [2.75, 3.05) is 44.3 Å². The first-order valence-corrected chi connectivity index (χ1v) is 8.44. The first kappa shape index (κ1) is 16.1. The summed E-state index contributed by atoms with van der Waals surface area (Å²) in [6, 6.07) is 0.533. The quantitative estimate of drug-likeness (QED) is 0.748. The van der Waals surface area contributed by atoms with Gasteiger partial charge in [0, 0.05) is 45.9 Å². The summed E-state index contributed by atoms with van der Waals surface area (Å²) in [6.07, 6.45) is 4.64. The molecule has 2 aromatic rings. The van der Waals surface area contributed by atoms with Crippen LogP contribution in [0.15, 0.2) is 12.5 Å². The van der Waals surface area contributed by atoms with E-state index in [9.17, 15) is 0 Å². The Morgan fingerprint density at radius 2 is 2.13 bits per heavy atom. The van der Waals surface area contributed by atoms with Crippen LogP contribution in [-0.4, -0.2) is 70.1 Å². The predicted molar refractivity (Wildman–Crippen MR) is 90.7 cm³/mol. The topological polar surface area (TPSA) is 59.3 Å². The zero-order chi connectivity index (χ0) is 16.2. The van der Waals surface area contributed by atoms with Crippen molar-refractivity contribution in [2.24, 2.45) is 7.05 Å². The van der Waals surface area contributed by atoms with Crippen molar-refractivity contribution in [3.8, 4) is 0 Å². The van der Waals surface area contributed by atoms with Crippen LogP contribution >= 0.6 is 0 Å². The fraction of sp³-hybridized carbons (Fsp3) is 0.688. The lowest BCUT2D eigenvalue weighted by Gasteiger charge is -2.41. The lowest BCUT2D eigenvalue weighted by Crippen LogP contribution is -2.54. The van der Waals surface area contributed by atoms with Crippen LogP contribution in [0.25, 0.3) is 11.0 Å². The molecule has 3 rings (SSSR count). The highest BCUT2D eigenvalue weighted by molar-refractivity contribution is 5.86. The number of rotatable bonds is 6. The van der Waals surface area contributed by atoms with E-state index in [1.807, 2.05) is 20.2 Å². The number of piperazine rings is 1. The van der Waals surface area contributed by atoms with E-state index in [0.29, 0.717) is 6.04 Å². The Morgan fingerprint density at radius 3 is 2.91 bits per heavy atom. The monoisotopic (exact) mass is 318 g/mol. The van der Waals surface area contributed by atoms with Crippen molar-refractivity contribution in [3.05, 3.63) is 12.5 Å². The molecule has 0 aromatic carbocycles. The highest BCUT2D eigenvalue weighted by Crippen LogP contribution is 2.25. The van der Waals surface area contributed by atoms with E-state index >= 15 is 0 Å². The van der Waals surface area contributed by atoms with Crippen molar-refractivity contribution in [2.45, 2.75) is 26.3 Å². The second-order valence-corrected chi connectivity index (χ2v) is 5.94. The smallest absolute Gasteiger partial charge is 0.163 e. The maximum absolute atomic E-state index is 5.51. The van der Waals surface area contributed by atoms with Crippen LogP contribution in [0.5, 0.6) is 0 Å². The van der Waals surface area contributed by atoms with E-state index in [0.717, 1.165) is 62.7 Å². The van der Waals surface area contributed by atoms with Gasteiger partial charge in [-0.2, -0.15) is 5.10 Å². The number of aryl methyl sites for hydroxylation is 1. The van der Waals surface area contributed by atoms with E-state index in [4.69, 9.17) is 4.74 Å². The molecule has 2 aromatic heterocycles. The Kier molecular flexibility index (Phi) is 5.07. The Bertz CT molecular complexity index is 643. The zero-order valence-electron chi connectivity index (χ0n) is 14.3. The second kappa shape index (κ2) is 7.23. The van der Waals surface area contributed by atoms with Crippen LogP contribution < -0.4 is 4.90 Å². The molecular weight excluding hydrogens is 292 g/mol. The van der Waals surface area contributed by atoms with Gasteiger partial charge in [-0.15, -0.1) is 0 Å². The third-order valence-electron chi connectivity index (χ3n) is 4.61. The molecular formula is C16H26N6O. The van der Waals surface area contributed by atoms with Gasteiger partial charge in [-0.25, -0.2) is 9.97 Å². The van der Waals surface area contributed by atoms with Gasteiger partial charge in [0.25, 0.3) is 0 Å². The van der Waals surface area contributed by atoms with Gasteiger partial charge in [0.05, 0.1) is 18.2 Å². The van der Waals surface area contributed by atoms with Gasteiger partial charge >= 0.3 is 0 Å². The molecule has 3 heterocycles. The number of nitrogens with zero attached hydrogens (tertiary/aromatic N) is 6. The van der Waals surface area contributed by atoms with Crippen molar-refractivity contribution in [1.29, 1.82) is 0 Å². The molecule has 0 amide bonds. The standard InChI is InChI=1S/C16H26N6O/c1-4-13-11-22(7-6-21(13)8-9-23-5-2)16-14-10-19-20(3)15(14)17-12-18-16/h10,12-13H,4-9,11H2,1-3H3. The third kappa shape index (κ3) is 3.30. The van der Waals surface area contributed by atoms with Crippen molar-refractivity contribution >= 4 is 16.9 Å². The Hall–Kier alpha value is -1.73. The number of hydrogen-bond donors (Lipinski definition) is 0. The van der Waals surface area contributed by atoms with Gasteiger partial charge in [0.15, 0.2) is 5.65 Å². The first-order chi connectivity index (χ1) is 11.2. The molecule has 23 heavy (non-hydrogen) atoms. The molecule has 126 valence electrons.